The van der Waals surface area contributed by atoms with Crippen molar-refractivity contribution in [2.45, 2.75) is 38.0 Å². The normalized spacial score (nSPS) is 15.2. The first kappa shape index (κ1) is 17.1. The molecule has 2 nitrogen and oxygen atoms in total. The lowest BCUT2D eigenvalue weighted by molar-refractivity contribution is 0.146. The Hall–Kier alpha value is -0.980. The molecule has 0 fully saturated rings. The second-order valence-electron chi connectivity index (χ2n) is 5.26. The Morgan fingerprint density at radius 2 is 1.85 bits per heavy atom. The van der Waals surface area contributed by atoms with Crippen molar-refractivity contribution in [2.24, 2.45) is 0 Å². The van der Waals surface area contributed by atoms with Gasteiger partial charge in [-0.15, -0.1) is 11.3 Å². The fraction of sp³-hybridized carbons (Fsp3) is 0.429. The van der Waals surface area contributed by atoms with Crippen molar-refractivity contribution < 1.29 is 17.7 Å². The predicted octanol–water partition coefficient (Wildman–Crippen LogP) is 4.04. The Kier molecular flexibility index (Phi) is 5.68. The Morgan fingerprint density at radius 3 is 2.30 bits per heavy atom. The highest BCUT2D eigenvalue weighted by atomic mass is 32.2. The average molecular weight is 305 g/mol. The second-order valence-corrected chi connectivity index (χ2v) is 7.26. The van der Waals surface area contributed by atoms with Gasteiger partial charge in [0.25, 0.3) is 6.43 Å². The summed E-state index contributed by atoms with van der Waals surface area (Å²) in [6.07, 6.45) is -1.55. The summed E-state index contributed by atoms with van der Waals surface area (Å²) in [6.45, 7) is 8.79. The summed E-state index contributed by atoms with van der Waals surface area (Å²) in [5, 5.41) is 0. The van der Waals surface area contributed by atoms with E-state index in [4.69, 9.17) is 0 Å². The number of rotatable bonds is 5. The van der Waals surface area contributed by atoms with E-state index in [1.807, 2.05) is 0 Å². The minimum Gasteiger partial charge on any atom is -0.598 e. The molecule has 1 aromatic rings. The molecule has 0 spiro atoms. The number of hydrogen-bond donors (Lipinski definition) is 1. The van der Waals surface area contributed by atoms with E-state index in [2.05, 4.69) is 11.3 Å². The quantitative estimate of drug-likeness (QED) is 0.658. The van der Waals surface area contributed by atoms with Gasteiger partial charge in [-0.25, -0.2) is 13.2 Å². The molecule has 0 aliphatic carbocycles. The number of benzene rings is 1. The van der Waals surface area contributed by atoms with Crippen LogP contribution in [-0.2, 0) is 11.4 Å². The molecule has 0 saturated heterocycles. The molecule has 1 rings (SSSR count). The third-order valence-electron chi connectivity index (χ3n) is 2.65. The zero-order valence-electron chi connectivity index (χ0n) is 11.6. The lowest BCUT2D eigenvalue weighted by Crippen LogP contribution is -2.41. The minimum absolute atomic E-state index is 0.00963. The van der Waals surface area contributed by atoms with Crippen molar-refractivity contribution in [2.75, 3.05) is 0 Å². The molecule has 2 atom stereocenters. The van der Waals surface area contributed by atoms with Gasteiger partial charge in [0.05, 0.1) is 11.6 Å². The van der Waals surface area contributed by atoms with Crippen LogP contribution in [0.3, 0.4) is 0 Å². The first-order valence-electron chi connectivity index (χ1n) is 6.05. The van der Waals surface area contributed by atoms with Crippen molar-refractivity contribution in [3.8, 4) is 0 Å². The van der Waals surface area contributed by atoms with Crippen molar-refractivity contribution in [3.05, 3.63) is 47.8 Å². The molecule has 1 unspecified atom stereocenters. The third kappa shape index (κ3) is 4.01. The fourth-order valence-electron chi connectivity index (χ4n) is 1.51. The number of hydrogen-bond acceptors (Lipinski definition) is 2. The van der Waals surface area contributed by atoms with Gasteiger partial charge in [0.15, 0.2) is 0 Å². The number of halogens is 3. The van der Waals surface area contributed by atoms with Crippen LogP contribution < -0.4 is 4.72 Å². The molecule has 112 valence electrons. The van der Waals surface area contributed by atoms with Gasteiger partial charge in [-0.2, -0.15) is 0 Å². The summed E-state index contributed by atoms with van der Waals surface area (Å²) >= 11 is -1.47. The van der Waals surface area contributed by atoms with Gasteiger partial charge in [0.2, 0.25) is 0 Å². The van der Waals surface area contributed by atoms with Crippen LogP contribution >= 0.6 is 0 Å². The van der Waals surface area contributed by atoms with Gasteiger partial charge >= 0.3 is 0 Å². The van der Waals surface area contributed by atoms with Gasteiger partial charge in [-0.05, 0) is 20.8 Å². The smallest absolute Gasteiger partial charge is 0.266 e. The Morgan fingerprint density at radius 1 is 1.30 bits per heavy atom. The molecule has 0 aliphatic heterocycles. The van der Waals surface area contributed by atoms with Gasteiger partial charge < -0.3 is 4.55 Å². The standard InChI is InChI=1S/C14H18F3NOS/c1-5-11(18-20(19)14(2,3)4)9-7-6-8-10(12(9)15)13(16)17/h5-8,11,13,18H,1H2,2-4H3/t11?,20-/m1/s1. The summed E-state index contributed by atoms with van der Waals surface area (Å²) in [5.41, 5.74) is -0.659. The van der Waals surface area contributed by atoms with E-state index in [1.54, 1.807) is 20.8 Å². The zero-order valence-corrected chi connectivity index (χ0v) is 12.4. The Bertz CT molecular complexity index is 474. The van der Waals surface area contributed by atoms with Crippen LogP contribution in [0.15, 0.2) is 30.9 Å². The number of alkyl halides is 2. The Labute approximate surface area is 120 Å². The molecule has 20 heavy (non-hydrogen) atoms. The van der Waals surface area contributed by atoms with Crippen molar-refractivity contribution in [1.29, 1.82) is 0 Å². The molecule has 6 heteroatoms. The van der Waals surface area contributed by atoms with Crippen LogP contribution in [0.5, 0.6) is 0 Å². The van der Waals surface area contributed by atoms with Crippen LogP contribution in [0, 0.1) is 5.82 Å². The summed E-state index contributed by atoms with van der Waals surface area (Å²) in [4.78, 5) is 0. The molecular weight excluding hydrogens is 287 g/mol. The van der Waals surface area contributed by atoms with Crippen LogP contribution in [0.2, 0.25) is 0 Å². The van der Waals surface area contributed by atoms with Crippen molar-refractivity contribution in [1.82, 2.24) is 4.72 Å². The molecule has 0 aromatic heterocycles. The fourth-order valence-corrected chi connectivity index (χ4v) is 2.32. The highest BCUT2D eigenvalue weighted by Gasteiger charge is 2.30. The number of nitrogens with one attached hydrogen (secondary N) is 1. The maximum atomic E-state index is 14.0. The van der Waals surface area contributed by atoms with E-state index in [9.17, 15) is 17.7 Å². The third-order valence-corrected chi connectivity index (χ3v) is 4.23. The molecule has 0 bridgehead atoms. The minimum atomic E-state index is -2.89. The molecular formula is C14H18F3NOS. The lowest BCUT2D eigenvalue weighted by atomic mass is 10.0. The predicted molar refractivity (Wildman–Crippen MR) is 75.3 cm³/mol. The average Bonchev–Trinajstić information content (AvgIpc) is 2.34. The van der Waals surface area contributed by atoms with Crippen LogP contribution in [0.1, 0.15) is 44.4 Å². The van der Waals surface area contributed by atoms with Crippen LogP contribution in [0.25, 0.3) is 0 Å². The molecule has 1 N–H and O–H groups in total. The summed E-state index contributed by atoms with van der Waals surface area (Å²) < 4.78 is 53.6. The van der Waals surface area contributed by atoms with Crippen molar-refractivity contribution >= 4 is 11.4 Å². The highest BCUT2D eigenvalue weighted by molar-refractivity contribution is 7.90. The van der Waals surface area contributed by atoms with E-state index < -0.39 is 40.0 Å². The van der Waals surface area contributed by atoms with Gasteiger partial charge in [-0.3, -0.25) is 0 Å². The molecule has 0 heterocycles. The van der Waals surface area contributed by atoms with Crippen LogP contribution in [-0.4, -0.2) is 9.30 Å². The monoisotopic (exact) mass is 305 g/mol. The second kappa shape index (κ2) is 6.65. The van der Waals surface area contributed by atoms with Crippen LogP contribution in [0.4, 0.5) is 13.2 Å². The van der Waals surface area contributed by atoms with E-state index >= 15 is 0 Å². The maximum Gasteiger partial charge on any atom is 0.266 e. The lowest BCUT2D eigenvalue weighted by Gasteiger charge is -2.27. The van der Waals surface area contributed by atoms with Gasteiger partial charge in [-0.1, -0.05) is 24.3 Å². The van der Waals surface area contributed by atoms with E-state index in [0.717, 1.165) is 6.07 Å². The first-order chi connectivity index (χ1) is 9.18. The van der Waals surface area contributed by atoms with Gasteiger partial charge in [0, 0.05) is 16.9 Å². The summed E-state index contributed by atoms with van der Waals surface area (Å²) in [5.74, 6) is -0.995. The molecule has 0 radical (unpaired) electrons. The first-order valence-corrected chi connectivity index (χ1v) is 7.20. The van der Waals surface area contributed by atoms with E-state index in [-0.39, 0.29) is 5.56 Å². The SMILES string of the molecule is C=CC(N[S@+]([O-])C(C)(C)C)c1cccc(C(F)F)c1F. The Balaban J connectivity index is 3.08. The molecule has 0 aliphatic rings. The van der Waals surface area contributed by atoms with E-state index in [0.29, 0.717) is 0 Å². The summed E-state index contributed by atoms with van der Waals surface area (Å²) in [6, 6.07) is 2.96. The highest BCUT2D eigenvalue weighted by Crippen LogP contribution is 2.29. The maximum absolute atomic E-state index is 14.0. The topological polar surface area (TPSA) is 35.1 Å². The molecule has 1 aromatic carbocycles. The van der Waals surface area contributed by atoms with E-state index in [1.165, 1.54) is 18.2 Å². The molecule has 0 amide bonds. The van der Waals surface area contributed by atoms with Crippen molar-refractivity contribution in [3.63, 3.8) is 0 Å². The molecule has 0 saturated carbocycles. The largest absolute Gasteiger partial charge is 0.598 e. The zero-order chi connectivity index (χ0) is 15.5. The van der Waals surface area contributed by atoms with Gasteiger partial charge in [0.1, 0.15) is 10.6 Å². The summed E-state index contributed by atoms with van der Waals surface area (Å²) in [7, 11) is 0.